The van der Waals surface area contributed by atoms with Gasteiger partial charge >= 0.3 is 0 Å². The zero-order valence-electron chi connectivity index (χ0n) is 10.4. The Morgan fingerprint density at radius 3 is 3.11 bits per heavy atom. The van der Waals surface area contributed by atoms with Crippen LogP contribution in [0.5, 0.6) is 0 Å². The molecule has 5 nitrogen and oxygen atoms in total. The summed E-state index contributed by atoms with van der Waals surface area (Å²) in [6, 6.07) is 5.23. The Morgan fingerprint density at radius 1 is 1.56 bits per heavy atom. The van der Waals surface area contributed by atoms with E-state index in [0.717, 1.165) is 6.42 Å². The molecule has 0 atom stereocenters. The first-order chi connectivity index (χ1) is 8.76. The van der Waals surface area contributed by atoms with Crippen molar-refractivity contribution < 1.29 is 9.53 Å². The Bertz CT molecular complexity index is 449. The van der Waals surface area contributed by atoms with Crippen LogP contribution in [0, 0.1) is 11.8 Å². The highest BCUT2D eigenvalue weighted by atomic mass is 16.5. The first-order valence-corrected chi connectivity index (χ1v) is 5.80. The number of rotatable bonds is 5. The van der Waals surface area contributed by atoms with E-state index >= 15 is 0 Å². The average molecular weight is 247 g/mol. The largest absolute Gasteiger partial charge is 0.372 e. The van der Waals surface area contributed by atoms with Crippen molar-refractivity contribution in [2.45, 2.75) is 13.3 Å². The van der Waals surface area contributed by atoms with Gasteiger partial charge in [-0.15, -0.1) is 0 Å². The maximum absolute atomic E-state index is 11.5. The van der Waals surface area contributed by atoms with Gasteiger partial charge in [0, 0.05) is 6.61 Å². The number of pyridine rings is 1. The van der Waals surface area contributed by atoms with Crippen LogP contribution in [0.2, 0.25) is 0 Å². The maximum atomic E-state index is 11.5. The Kier molecular flexibility index (Phi) is 6.47. The summed E-state index contributed by atoms with van der Waals surface area (Å²) in [6.45, 7) is 2.87. The summed E-state index contributed by atoms with van der Waals surface area (Å²) >= 11 is 0. The molecule has 0 fully saturated rings. The van der Waals surface area contributed by atoms with Crippen molar-refractivity contribution in [2.24, 2.45) is 5.73 Å². The summed E-state index contributed by atoms with van der Waals surface area (Å²) in [7, 11) is 0. The van der Waals surface area contributed by atoms with Crippen LogP contribution < -0.4 is 11.1 Å². The molecule has 5 heteroatoms. The van der Waals surface area contributed by atoms with Crippen molar-refractivity contribution >= 4 is 11.7 Å². The molecule has 0 aromatic carbocycles. The van der Waals surface area contributed by atoms with Gasteiger partial charge in [0.05, 0.1) is 6.54 Å². The van der Waals surface area contributed by atoms with Gasteiger partial charge in [-0.25, -0.2) is 4.98 Å². The van der Waals surface area contributed by atoms with Crippen molar-refractivity contribution in [3.8, 4) is 11.8 Å². The normalized spacial score (nSPS) is 9.44. The molecule has 1 aromatic rings. The fraction of sp³-hybridized carbons (Fsp3) is 0.385. The topological polar surface area (TPSA) is 77.2 Å². The van der Waals surface area contributed by atoms with Crippen LogP contribution in [0.1, 0.15) is 19.0 Å². The monoisotopic (exact) mass is 247 g/mol. The first kappa shape index (κ1) is 14.2. The molecule has 0 saturated heterocycles. The van der Waals surface area contributed by atoms with Gasteiger partial charge in [-0.05, 0) is 24.5 Å². The number of aromatic nitrogens is 1. The molecular weight excluding hydrogens is 230 g/mol. The Morgan fingerprint density at radius 2 is 2.39 bits per heavy atom. The second kappa shape index (κ2) is 8.23. The minimum atomic E-state index is -0.222. The van der Waals surface area contributed by atoms with E-state index in [-0.39, 0.29) is 19.1 Å². The Hall–Kier alpha value is -1.90. The molecule has 1 rings (SSSR count). The molecule has 0 bridgehead atoms. The van der Waals surface area contributed by atoms with Crippen LogP contribution >= 0.6 is 0 Å². The molecule has 3 N–H and O–H groups in total. The number of nitrogens with two attached hydrogens (primary N) is 1. The van der Waals surface area contributed by atoms with E-state index in [1.165, 1.54) is 0 Å². The van der Waals surface area contributed by atoms with Gasteiger partial charge in [-0.1, -0.05) is 18.9 Å². The van der Waals surface area contributed by atoms with E-state index in [0.29, 0.717) is 18.1 Å². The zero-order valence-corrected chi connectivity index (χ0v) is 10.4. The predicted octanol–water partition coefficient (Wildman–Crippen LogP) is 0.757. The highest BCUT2D eigenvalue weighted by Crippen LogP contribution is 2.03. The number of nitrogens with zero attached hydrogens (tertiary/aromatic N) is 1. The van der Waals surface area contributed by atoms with Crippen LogP contribution in [0.25, 0.3) is 0 Å². The second-order valence-corrected chi connectivity index (χ2v) is 3.51. The molecule has 1 amide bonds. The van der Waals surface area contributed by atoms with Crippen LogP contribution in [0.4, 0.5) is 5.82 Å². The zero-order chi connectivity index (χ0) is 13.2. The summed E-state index contributed by atoms with van der Waals surface area (Å²) in [5.41, 5.74) is 5.85. The smallest absolute Gasteiger partial charge is 0.251 e. The summed E-state index contributed by atoms with van der Waals surface area (Å²) in [5.74, 6) is 5.75. The van der Waals surface area contributed by atoms with E-state index in [9.17, 15) is 4.79 Å². The van der Waals surface area contributed by atoms with E-state index < -0.39 is 0 Å². The number of amides is 1. The third-order valence-corrected chi connectivity index (χ3v) is 1.92. The number of carbonyl (C=O) groups is 1. The van der Waals surface area contributed by atoms with Crippen molar-refractivity contribution in [3.05, 3.63) is 23.9 Å². The molecule has 96 valence electrons. The average Bonchev–Trinajstić information content (AvgIpc) is 2.37. The lowest BCUT2D eigenvalue weighted by Crippen LogP contribution is -2.19. The summed E-state index contributed by atoms with van der Waals surface area (Å²) in [4.78, 5) is 15.6. The van der Waals surface area contributed by atoms with Crippen molar-refractivity contribution in [1.82, 2.24) is 4.98 Å². The Balaban J connectivity index is 2.53. The highest BCUT2D eigenvalue weighted by molar-refractivity contribution is 5.90. The van der Waals surface area contributed by atoms with Crippen molar-refractivity contribution in [1.29, 1.82) is 0 Å². The molecule has 1 heterocycles. The summed E-state index contributed by atoms with van der Waals surface area (Å²) in [5, 5.41) is 2.64. The molecule has 0 unspecified atom stereocenters. The second-order valence-electron chi connectivity index (χ2n) is 3.51. The predicted molar refractivity (Wildman–Crippen MR) is 69.9 cm³/mol. The molecule has 18 heavy (non-hydrogen) atoms. The Labute approximate surface area is 107 Å². The number of ether oxygens (including phenoxy) is 1. The number of carbonyl (C=O) groups excluding carboxylic acids is 1. The third-order valence-electron chi connectivity index (χ3n) is 1.92. The van der Waals surface area contributed by atoms with Gasteiger partial charge in [0.15, 0.2) is 0 Å². The van der Waals surface area contributed by atoms with Crippen LogP contribution in [0.15, 0.2) is 18.2 Å². The van der Waals surface area contributed by atoms with Gasteiger partial charge in [0.1, 0.15) is 18.1 Å². The molecule has 0 spiro atoms. The van der Waals surface area contributed by atoms with Gasteiger partial charge in [0.2, 0.25) is 0 Å². The quantitative estimate of drug-likeness (QED) is 0.595. The van der Waals surface area contributed by atoms with Crippen LogP contribution in [-0.2, 0) is 9.53 Å². The molecule has 1 aromatic heterocycles. The van der Waals surface area contributed by atoms with Crippen LogP contribution in [0.3, 0.4) is 0 Å². The van der Waals surface area contributed by atoms with E-state index in [1.54, 1.807) is 18.2 Å². The lowest BCUT2D eigenvalue weighted by molar-refractivity contribution is -0.120. The standard InChI is InChI=1S/C13H17N3O2/c1-2-9-18-10-13(17)16-12-7-3-5-11(15-12)6-4-8-14/h3,5,7H,2,8-10,14H2,1H3,(H,15,16,17). The fourth-order valence-electron chi connectivity index (χ4n) is 1.20. The van der Waals surface area contributed by atoms with E-state index in [2.05, 4.69) is 22.1 Å². The molecule has 0 radical (unpaired) electrons. The molecular formula is C13H17N3O2. The lowest BCUT2D eigenvalue weighted by atomic mass is 10.3. The van der Waals surface area contributed by atoms with E-state index in [4.69, 9.17) is 10.5 Å². The van der Waals surface area contributed by atoms with E-state index in [1.807, 2.05) is 6.92 Å². The van der Waals surface area contributed by atoms with Crippen molar-refractivity contribution in [2.75, 3.05) is 25.1 Å². The molecule has 0 saturated carbocycles. The van der Waals surface area contributed by atoms with Crippen LogP contribution in [-0.4, -0.2) is 30.6 Å². The summed E-state index contributed by atoms with van der Waals surface area (Å²) in [6.07, 6.45) is 0.885. The lowest BCUT2D eigenvalue weighted by Gasteiger charge is -2.05. The highest BCUT2D eigenvalue weighted by Gasteiger charge is 2.03. The number of hydrogen-bond donors (Lipinski definition) is 2. The molecule has 0 aliphatic heterocycles. The SMILES string of the molecule is CCCOCC(=O)Nc1cccc(C#CCN)n1. The number of hydrogen-bond acceptors (Lipinski definition) is 4. The minimum Gasteiger partial charge on any atom is -0.372 e. The third kappa shape index (κ3) is 5.43. The fourth-order valence-corrected chi connectivity index (χ4v) is 1.20. The van der Waals surface area contributed by atoms with Gasteiger partial charge in [-0.2, -0.15) is 0 Å². The van der Waals surface area contributed by atoms with Gasteiger partial charge in [-0.3, -0.25) is 4.79 Å². The van der Waals surface area contributed by atoms with Crippen molar-refractivity contribution in [3.63, 3.8) is 0 Å². The van der Waals surface area contributed by atoms with Gasteiger partial charge in [0.25, 0.3) is 5.91 Å². The minimum absolute atomic E-state index is 0.0359. The van der Waals surface area contributed by atoms with Gasteiger partial charge < -0.3 is 15.8 Å². The number of nitrogens with one attached hydrogen (secondary N) is 1. The first-order valence-electron chi connectivity index (χ1n) is 5.80. The molecule has 0 aliphatic rings. The molecule has 0 aliphatic carbocycles. The number of anilines is 1. The maximum Gasteiger partial charge on any atom is 0.251 e. The summed E-state index contributed by atoms with van der Waals surface area (Å²) < 4.78 is 5.13.